The Labute approximate surface area is 86.2 Å². The zero-order valence-corrected chi connectivity index (χ0v) is 9.53. The molecule has 0 aromatic carbocycles. The van der Waals surface area contributed by atoms with Crippen LogP contribution in [0.3, 0.4) is 0 Å². The standard InChI is InChI=1S/C6H5IN2S2/c1-10-6-8-4(7)5-9(6)2-3-11-5/h2-3H,1H3. The van der Waals surface area contributed by atoms with Crippen molar-refractivity contribution in [3.8, 4) is 0 Å². The molecule has 11 heavy (non-hydrogen) atoms. The first-order valence-electron chi connectivity index (χ1n) is 2.98. The third kappa shape index (κ3) is 1.19. The van der Waals surface area contributed by atoms with Gasteiger partial charge in [-0.15, -0.1) is 11.3 Å². The summed E-state index contributed by atoms with van der Waals surface area (Å²) in [5, 5.41) is 3.16. The van der Waals surface area contributed by atoms with Crippen molar-refractivity contribution in [3.63, 3.8) is 0 Å². The molecule has 0 N–H and O–H groups in total. The second kappa shape index (κ2) is 2.95. The van der Waals surface area contributed by atoms with Crippen LogP contribution in [0.1, 0.15) is 0 Å². The third-order valence-corrected chi connectivity index (χ3v) is 4.01. The molecule has 2 nitrogen and oxygen atoms in total. The van der Waals surface area contributed by atoms with Crippen LogP contribution in [0.15, 0.2) is 16.7 Å². The van der Waals surface area contributed by atoms with Crippen LogP contribution in [-0.4, -0.2) is 15.6 Å². The van der Waals surface area contributed by atoms with Gasteiger partial charge in [0.05, 0.1) is 0 Å². The van der Waals surface area contributed by atoms with Gasteiger partial charge >= 0.3 is 0 Å². The SMILES string of the molecule is CSc1nc(I)c2sccn12. The van der Waals surface area contributed by atoms with Crippen molar-refractivity contribution in [2.75, 3.05) is 6.26 Å². The number of thioether (sulfide) groups is 1. The van der Waals surface area contributed by atoms with E-state index < -0.39 is 0 Å². The van der Waals surface area contributed by atoms with Gasteiger partial charge in [-0.1, -0.05) is 11.8 Å². The summed E-state index contributed by atoms with van der Waals surface area (Å²) in [5.74, 6) is 0. The molecule has 2 aromatic rings. The summed E-state index contributed by atoms with van der Waals surface area (Å²) in [7, 11) is 0. The molecule has 0 bridgehead atoms. The number of thiazole rings is 1. The van der Waals surface area contributed by atoms with Gasteiger partial charge in [0.1, 0.15) is 8.53 Å². The summed E-state index contributed by atoms with van der Waals surface area (Å²) in [5.41, 5.74) is 0. The van der Waals surface area contributed by atoms with Crippen molar-refractivity contribution in [1.82, 2.24) is 9.38 Å². The first-order chi connectivity index (χ1) is 5.33. The normalized spacial score (nSPS) is 11.1. The van der Waals surface area contributed by atoms with Crippen molar-refractivity contribution in [2.45, 2.75) is 5.16 Å². The van der Waals surface area contributed by atoms with Gasteiger partial charge in [0.15, 0.2) is 5.16 Å². The second-order valence-corrected chi connectivity index (χ2v) is 4.66. The average Bonchev–Trinajstić information content (AvgIpc) is 2.54. The topological polar surface area (TPSA) is 17.3 Å². The quantitative estimate of drug-likeness (QED) is 0.594. The predicted octanol–water partition coefficient (Wildman–Crippen LogP) is 2.72. The molecule has 0 saturated heterocycles. The van der Waals surface area contributed by atoms with Gasteiger partial charge in [-0.25, -0.2) is 4.98 Å². The van der Waals surface area contributed by atoms with Crippen molar-refractivity contribution in [2.24, 2.45) is 0 Å². The van der Waals surface area contributed by atoms with Crippen LogP contribution in [-0.2, 0) is 0 Å². The highest BCUT2D eigenvalue weighted by Crippen LogP contribution is 2.24. The summed E-state index contributed by atoms with van der Waals surface area (Å²) >= 11 is 5.67. The number of hydrogen-bond donors (Lipinski definition) is 0. The maximum atomic E-state index is 4.39. The van der Waals surface area contributed by atoms with Crippen molar-refractivity contribution >= 4 is 50.5 Å². The molecule has 0 atom stereocenters. The Morgan fingerprint density at radius 2 is 2.55 bits per heavy atom. The lowest BCUT2D eigenvalue weighted by molar-refractivity contribution is 0.967. The van der Waals surface area contributed by atoms with Gasteiger partial charge in [-0.05, 0) is 28.8 Å². The van der Waals surface area contributed by atoms with E-state index in [-0.39, 0.29) is 0 Å². The number of hydrogen-bond acceptors (Lipinski definition) is 3. The zero-order chi connectivity index (χ0) is 7.84. The minimum atomic E-state index is 1.07. The minimum absolute atomic E-state index is 1.07. The average molecular weight is 296 g/mol. The Hall–Kier alpha value is 0.250. The Morgan fingerprint density at radius 1 is 1.73 bits per heavy atom. The lowest BCUT2D eigenvalue weighted by Crippen LogP contribution is -1.78. The van der Waals surface area contributed by atoms with Crippen LogP contribution in [0.2, 0.25) is 0 Å². The number of halogens is 1. The van der Waals surface area contributed by atoms with Gasteiger partial charge in [-0.2, -0.15) is 0 Å². The number of fused-ring (bicyclic) bond motifs is 1. The third-order valence-electron chi connectivity index (χ3n) is 1.37. The van der Waals surface area contributed by atoms with E-state index >= 15 is 0 Å². The van der Waals surface area contributed by atoms with Gasteiger partial charge in [0.2, 0.25) is 0 Å². The highest BCUT2D eigenvalue weighted by molar-refractivity contribution is 14.1. The largest absolute Gasteiger partial charge is 0.284 e. The van der Waals surface area contributed by atoms with Gasteiger partial charge in [0.25, 0.3) is 0 Å². The van der Waals surface area contributed by atoms with E-state index in [2.05, 4.69) is 43.6 Å². The molecule has 0 saturated carbocycles. The van der Waals surface area contributed by atoms with Crippen molar-refractivity contribution in [3.05, 3.63) is 15.3 Å². The lowest BCUT2D eigenvalue weighted by Gasteiger charge is -1.87. The van der Waals surface area contributed by atoms with Crippen molar-refractivity contribution < 1.29 is 0 Å². The van der Waals surface area contributed by atoms with E-state index in [1.165, 1.54) is 4.83 Å². The molecule has 5 heteroatoms. The molecule has 0 aliphatic heterocycles. The van der Waals surface area contributed by atoms with Crippen LogP contribution in [0, 0.1) is 3.70 Å². The summed E-state index contributed by atoms with van der Waals surface area (Å²) in [4.78, 5) is 5.64. The Kier molecular flexibility index (Phi) is 2.11. The van der Waals surface area contributed by atoms with Gasteiger partial charge in [-0.3, -0.25) is 4.40 Å². The van der Waals surface area contributed by atoms with Gasteiger partial charge in [0, 0.05) is 11.6 Å². The Bertz CT molecular complexity index is 379. The molecular weight excluding hydrogens is 291 g/mol. The summed E-state index contributed by atoms with van der Waals surface area (Å²) < 4.78 is 3.22. The molecule has 0 fully saturated rings. The zero-order valence-electron chi connectivity index (χ0n) is 5.74. The van der Waals surface area contributed by atoms with Gasteiger partial charge < -0.3 is 0 Å². The number of rotatable bonds is 1. The first kappa shape index (κ1) is 7.88. The second-order valence-electron chi connectivity index (χ2n) is 1.97. The number of imidazole rings is 1. The van der Waals surface area contributed by atoms with Crippen LogP contribution in [0.5, 0.6) is 0 Å². The highest BCUT2D eigenvalue weighted by Gasteiger charge is 2.07. The molecule has 2 heterocycles. The Morgan fingerprint density at radius 3 is 3.27 bits per heavy atom. The summed E-state index contributed by atoms with van der Waals surface area (Å²) in [6.07, 6.45) is 4.10. The summed E-state index contributed by atoms with van der Waals surface area (Å²) in [6.45, 7) is 0. The van der Waals surface area contributed by atoms with E-state index in [0.29, 0.717) is 0 Å². The van der Waals surface area contributed by atoms with Crippen LogP contribution < -0.4 is 0 Å². The predicted molar refractivity (Wildman–Crippen MR) is 57.6 cm³/mol. The maximum Gasteiger partial charge on any atom is 0.174 e. The molecule has 0 unspecified atom stereocenters. The molecule has 0 aliphatic rings. The fraction of sp³-hybridized carbons (Fsp3) is 0.167. The Balaban J connectivity index is 2.80. The maximum absolute atomic E-state index is 4.39. The van der Waals surface area contributed by atoms with Crippen LogP contribution in [0.4, 0.5) is 0 Å². The molecular formula is C6H5IN2S2. The van der Waals surface area contributed by atoms with E-state index in [9.17, 15) is 0 Å². The minimum Gasteiger partial charge on any atom is -0.284 e. The molecule has 0 radical (unpaired) electrons. The first-order valence-corrected chi connectivity index (χ1v) is 6.16. The van der Waals surface area contributed by atoms with E-state index in [0.717, 1.165) is 8.86 Å². The molecule has 0 aliphatic carbocycles. The monoisotopic (exact) mass is 296 g/mol. The molecule has 0 spiro atoms. The molecule has 0 amide bonds. The van der Waals surface area contributed by atoms with E-state index in [4.69, 9.17) is 0 Å². The highest BCUT2D eigenvalue weighted by atomic mass is 127. The number of aromatic nitrogens is 2. The fourth-order valence-corrected chi connectivity index (χ4v) is 3.25. The van der Waals surface area contributed by atoms with Crippen LogP contribution >= 0.6 is 45.7 Å². The van der Waals surface area contributed by atoms with Crippen LogP contribution in [0.25, 0.3) is 4.83 Å². The van der Waals surface area contributed by atoms with Crippen molar-refractivity contribution in [1.29, 1.82) is 0 Å². The molecule has 2 aromatic heterocycles. The smallest absolute Gasteiger partial charge is 0.174 e. The number of nitrogens with zero attached hydrogens (tertiary/aromatic N) is 2. The summed E-state index contributed by atoms with van der Waals surface area (Å²) in [6, 6.07) is 0. The lowest BCUT2D eigenvalue weighted by atomic mass is 10.9. The van der Waals surface area contributed by atoms with E-state index in [1.54, 1.807) is 23.1 Å². The molecule has 2 rings (SSSR count). The van der Waals surface area contributed by atoms with E-state index in [1.807, 2.05) is 6.26 Å². The molecule has 58 valence electrons. The fourth-order valence-electron chi connectivity index (χ4n) is 0.909.